The van der Waals surface area contributed by atoms with Gasteiger partial charge in [0.15, 0.2) is 0 Å². The zero-order valence-corrected chi connectivity index (χ0v) is 15.5. The molecule has 0 saturated carbocycles. The van der Waals surface area contributed by atoms with Crippen LogP contribution in [0.2, 0.25) is 0 Å². The summed E-state index contributed by atoms with van der Waals surface area (Å²) in [4.78, 5) is 27.2. The third-order valence-corrected chi connectivity index (χ3v) is 4.87. The van der Waals surface area contributed by atoms with E-state index in [1.807, 2.05) is 12.1 Å². The minimum atomic E-state index is -0.911. The van der Waals surface area contributed by atoms with Gasteiger partial charge in [0, 0.05) is 34.7 Å². The lowest BCUT2D eigenvalue weighted by molar-refractivity contribution is -0.138. The molecule has 1 aliphatic rings. The predicted molar refractivity (Wildman–Crippen MR) is 99.4 cm³/mol. The summed E-state index contributed by atoms with van der Waals surface area (Å²) in [5.74, 6) is -1.53. The van der Waals surface area contributed by atoms with Crippen LogP contribution >= 0.6 is 15.9 Å². The van der Waals surface area contributed by atoms with Gasteiger partial charge >= 0.3 is 12.0 Å². The highest BCUT2D eigenvalue weighted by Gasteiger charge is 2.34. The first-order valence-corrected chi connectivity index (χ1v) is 9.00. The van der Waals surface area contributed by atoms with E-state index in [0.717, 1.165) is 4.47 Å². The maximum Gasteiger partial charge on any atom is 0.324 e. The smallest absolute Gasteiger partial charge is 0.324 e. The van der Waals surface area contributed by atoms with Gasteiger partial charge in [0.1, 0.15) is 5.82 Å². The number of anilines is 1. The van der Waals surface area contributed by atoms with E-state index in [2.05, 4.69) is 15.9 Å². The summed E-state index contributed by atoms with van der Waals surface area (Å²) in [5.41, 5.74) is 1.10. The molecule has 2 aromatic rings. The highest BCUT2D eigenvalue weighted by Crippen LogP contribution is 2.27. The average molecular weight is 421 g/mol. The number of carbonyl (C=O) groups is 2. The van der Waals surface area contributed by atoms with Crippen LogP contribution < -0.4 is 4.90 Å². The van der Waals surface area contributed by atoms with Crippen molar-refractivity contribution in [2.75, 3.05) is 18.0 Å². The summed E-state index contributed by atoms with van der Waals surface area (Å²) in [5, 5.41) is 9.16. The summed E-state index contributed by atoms with van der Waals surface area (Å²) in [7, 11) is 0. The Labute approximate surface area is 159 Å². The molecule has 1 aliphatic heterocycles. The van der Waals surface area contributed by atoms with Crippen molar-refractivity contribution in [1.82, 2.24) is 4.90 Å². The number of rotatable bonds is 5. The molecule has 1 atom stereocenters. The van der Waals surface area contributed by atoms with E-state index in [0.29, 0.717) is 17.8 Å². The number of urea groups is 1. The largest absolute Gasteiger partial charge is 0.481 e. The Bertz CT molecular complexity index is 813. The monoisotopic (exact) mass is 420 g/mol. The number of hydrogen-bond acceptors (Lipinski definition) is 2. The summed E-state index contributed by atoms with van der Waals surface area (Å²) in [6.07, 6.45) is -0.0475. The molecule has 7 heteroatoms. The summed E-state index contributed by atoms with van der Waals surface area (Å²) in [6.45, 7) is 0.710. The quantitative estimate of drug-likeness (QED) is 0.790. The van der Waals surface area contributed by atoms with Gasteiger partial charge in [-0.3, -0.25) is 9.69 Å². The third kappa shape index (κ3) is 4.22. The molecule has 3 rings (SSSR count). The molecule has 2 aromatic carbocycles. The van der Waals surface area contributed by atoms with Crippen molar-refractivity contribution in [3.63, 3.8) is 0 Å². The van der Waals surface area contributed by atoms with Crippen molar-refractivity contribution in [3.05, 3.63) is 64.4 Å². The predicted octanol–water partition coefficient (Wildman–Crippen LogP) is 4.12. The van der Waals surface area contributed by atoms with Gasteiger partial charge < -0.3 is 10.0 Å². The number of nitrogens with zero attached hydrogens (tertiary/aromatic N) is 2. The fourth-order valence-electron chi connectivity index (χ4n) is 3.13. The van der Waals surface area contributed by atoms with Crippen molar-refractivity contribution >= 4 is 33.6 Å². The lowest BCUT2D eigenvalue weighted by atomic mass is 10.0. The number of benzene rings is 2. The van der Waals surface area contributed by atoms with Crippen molar-refractivity contribution in [3.8, 4) is 0 Å². The Balaban J connectivity index is 1.87. The van der Waals surface area contributed by atoms with Crippen LogP contribution in [-0.4, -0.2) is 35.1 Å². The van der Waals surface area contributed by atoms with Gasteiger partial charge in [-0.25, -0.2) is 9.18 Å². The topological polar surface area (TPSA) is 60.9 Å². The van der Waals surface area contributed by atoms with Crippen LogP contribution in [0.3, 0.4) is 0 Å². The molecule has 0 aliphatic carbocycles. The summed E-state index contributed by atoms with van der Waals surface area (Å²) >= 11 is 3.36. The minimum absolute atomic E-state index is 0.0475. The first-order valence-electron chi connectivity index (χ1n) is 8.21. The van der Waals surface area contributed by atoms with Crippen LogP contribution in [0.15, 0.2) is 53.0 Å². The minimum Gasteiger partial charge on any atom is -0.481 e. The molecule has 2 amide bonds. The molecule has 1 unspecified atom stereocenters. The van der Waals surface area contributed by atoms with Crippen LogP contribution in [0.5, 0.6) is 0 Å². The van der Waals surface area contributed by atoms with Crippen LogP contribution in [0.25, 0.3) is 0 Å². The Hall–Kier alpha value is -2.41. The first kappa shape index (κ1) is 18.4. The van der Waals surface area contributed by atoms with Crippen LogP contribution in [0.1, 0.15) is 12.0 Å². The maximum atomic E-state index is 14.0. The Morgan fingerprint density at radius 2 is 1.85 bits per heavy atom. The number of amides is 2. The summed E-state index contributed by atoms with van der Waals surface area (Å²) < 4.78 is 14.9. The molecule has 1 fully saturated rings. The molecule has 0 bridgehead atoms. The van der Waals surface area contributed by atoms with Gasteiger partial charge in [-0.2, -0.15) is 0 Å². The lowest BCUT2D eigenvalue weighted by Gasteiger charge is -2.40. The molecule has 0 spiro atoms. The third-order valence-electron chi connectivity index (χ3n) is 4.34. The van der Waals surface area contributed by atoms with Gasteiger partial charge in [-0.15, -0.1) is 0 Å². The van der Waals surface area contributed by atoms with E-state index in [9.17, 15) is 14.0 Å². The molecular weight excluding hydrogens is 403 g/mol. The molecule has 1 saturated heterocycles. The van der Waals surface area contributed by atoms with Gasteiger partial charge in [0.25, 0.3) is 0 Å². The van der Waals surface area contributed by atoms with E-state index in [4.69, 9.17) is 5.11 Å². The Morgan fingerprint density at radius 1 is 1.15 bits per heavy atom. The average Bonchev–Trinajstić information content (AvgIpc) is 2.60. The van der Waals surface area contributed by atoms with Gasteiger partial charge in [0.2, 0.25) is 0 Å². The van der Waals surface area contributed by atoms with E-state index in [1.165, 1.54) is 11.0 Å². The van der Waals surface area contributed by atoms with E-state index >= 15 is 0 Å². The van der Waals surface area contributed by atoms with Crippen molar-refractivity contribution < 1.29 is 19.1 Å². The van der Waals surface area contributed by atoms with E-state index in [1.54, 1.807) is 35.2 Å². The number of aliphatic carboxylic acids is 1. The van der Waals surface area contributed by atoms with Gasteiger partial charge in [-0.05, 0) is 30.3 Å². The molecule has 136 valence electrons. The standard InChI is InChI=1S/C19H18BrFN2O3/c20-15-5-7-16(8-6-15)23-11-13(9-18(24)25)10-22(19(23)26)12-14-3-1-2-4-17(14)21/h1-8,13H,9-12H2,(H,24,25). The van der Waals surface area contributed by atoms with E-state index < -0.39 is 5.97 Å². The zero-order chi connectivity index (χ0) is 18.7. The first-order chi connectivity index (χ1) is 12.4. The fourth-order valence-corrected chi connectivity index (χ4v) is 3.40. The number of carbonyl (C=O) groups excluding carboxylic acids is 1. The van der Waals surface area contributed by atoms with Crippen LogP contribution in [-0.2, 0) is 11.3 Å². The van der Waals surface area contributed by atoms with Crippen molar-refractivity contribution in [2.24, 2.45) is 5.92 Å². The number of carboxylic acid groups (broad SMARTS) is 1. The second-order valence-corrected chi connectivity index (χ2v) is 7.22. The van der Waals surface area contributed by atoms with Gasteiger partial charge in [0.05, 0.1) is 13.0 Å². The highest BCUT2D eigenvalue weighted by atomic mass is 79.9. The molecule has 1 heterocycles. The number of hydrogen-bond donors (Lipinski definition) is 1. The maximum absolute atomic E-state index is 14.0. The second-order valence-electron chi connectivity index (χ2n) is 6.31. The molecular formula is C19H18BrFN2O3. The second kappa shape index (κ2) is 7.86. The van der Waals surface area contributed by atoms with Crippen molar-refractivity contribution in [2.45, 2.75) is 13.0 Å². The van der Waals surface area contributed by atoms with Crippen LogP contribution in [0, 0.1) is 11.7 Å². The normalized spacial score (nSPS) is 17.5. The zero-order valence-electron chi connectivity index (χ0n) is 13.9. The molecule has 26 heavy (non-hydrogen) atoms. The van der Waals surface area contributed by atoms with Gasteiger partial charge in [-0.1, -0.05) is 34.1 Å². The highest BCUT2D eigenvalue weighted by molar-refractivity contribution is 9.10. The molecule has 5 nitrogen and oxygen atoms in total. The lowest BCUT2D eigenvalue weighted by Crippen LogP contribution is -2.53. The molecule has 1 N–H and O–H groups in total. The summed E-state index contributed by atoms with van der Waals surface area (Å²) in [6, 6.07) is 13.3. The van der Waals surface area contributed by atoms with Crippen LogP contribution in [0.4, 0.5) is 14.9 Å². The Kier molecular flexibility index (Phi) is 5.56. The Morgan fingerprint density at radius 3 is 2.50 bits per heavy atom. The molecule has 0 radical (unpaired) electrons. The van der Waals surface area contributed by atoms with E-state index in [-0.39, 0.29) is 37.3 Å². The number of halogens is 2. The SMILES string of the molecule is O=C(O)CC1CN(Cc2ccccc2F)C(=O)N(c2ccc(Br)cc2)C1. The number of carboxylic acids is 1. The van der Waals surface area contributed by atoms with Crippen molar-refractivity contribution in [1.29, 1.82) is 0 Å². The molecule has 0 aromatic heterocycles. The fraction of sp³-hybridized carbons (Fsp3) is 0.263.